The Morgan fingerprint density at radius 2 is 2.11 bits per heavy atom. The van der Waals surface area contributed by atoms with E-state index in [1.165, 1.54) is 12.1 Å². The topological polar surface area (TPSA) is 45.1 Å². The second-order valence-electron chi connectivity index (χ2n) is 4.56. The number of nitrogens with zero attached hydrogens (tertiary/aromatic N) is 1. The van der Waals surface area contributed by atoms with E-state index in [9.17, 15) is 9.50 Å². The van der Waals surface area contributed by atoms with Gasteiger partial charge in [0.2, 0.25) is 0 Å². The molecule has 0 aliphatic carbocycles. The molecule has 0 bridgehead atoms. The Kier molecular flexibility index (Phi) is 5.01. The van der Waals surface area contributed by atoms with Gasteiger partial charge in [-0.15, -0.1) is 11.3 Å². The minimum absolute atomic E-state index is 0.154. The number of benzene rings is 1. The van der Waals surface area contributed by atoms with Crippen LogP contribution < -0.4 is 5.32 Å². The maximum atomic E-state index is 12.8. The van der Waals surface area contributed by atoms with Gasteiger partial charge in [-0.3, -0.25) is 0 Å². The zero-order chi connectivity index (χ0) is 13.7. The summed E-state index contributed by atoms with van der Waals surface area (Å²) in [7, 11) is 0. The molecule has 2 N–H and O–H groups in total. The second kappa shape index (κ2) is 6.75. The van der Waals surface area contributed by atoms with Crippen LogP contribution in [0.25, 0.3) is 0 Å². The van der Waals surface area contributed by atoms with Crippen LogP contribution in [0.2, 0.25) is 0 Å². The van der Waals surface area contributed by atoms with E-state index in [0.29, 0.717) is 13.0 Å². The highest BCUT2D eigenvalue weighted by atomic mass is 32.1. The first-order chi connectivity index (χ1) is 9.15. The van der Waals surface area contributed by atoms with Crippen molar-refractivity contribution in [2.24, 2.45) is 0 Å². The molecule has 1 aromatic carbocycles. The number of hydrogen-bond donors (Lipinski definition) is 2. The number of halogens is 1. The van der Waals surface area contributed by atoms with E-state index in [2.05, 4.69) is 10.3 Å². The lowest BCUT2D eigenvalue weighted by atomic mass is 10.0. The molecule has 3 nitrogen and oxygen atoms in total. The third kappa shape index (κ3) is 4.38. The van der Waals surface area contributed by atoms with Crippen molar-refractivity contribution in [3.63, 3.8) is 0 Å². The molecule has 2 rings (SSSR count). The van der Waals surface area contributed by atoms with Gasteiger partial charge in [0.1, 0.15) is 5.82 Å². The highest BCUT2D eigenvalue weighted by Crippen LogP contribution is 2.18. The Morgan fingerprint density at radius 1 is 1.37 bits per heavy atom. The maximum Gasteiger partial charge on any atom is 0.123 e. The van der Waals surface area contributed by atoms with E-state index in [4.69, 9.17) is 0 Å². The third-order valence-electron chi connectivity index (χ3n) is 2.95. The summed E-state index contributed by atoms with van der Waals surface area (Å²) >= 11 is 1.57. The first-order valence-electron chi connectivity index (χ1n) is 6.19. The van der Waals surface area contributed by atoms with E-state index in [0.717, 1.165) is 11.3 Å². The van der Waals surface area contributed by atoms with Gasteiger partial charge in [0.25, 0.3) is 0 Å². The lowest BCUT2D eigenvalue weighted by molar-refractivity contribution is 0.153. The zero-order valence-electron chi connectivity index (χ0n) is 10.7. The van der Waals surface area contributed by atoms with Crippen LogP contribution in [0, 0.1) is 5.82 Å². The van der Waals surface area contributed by atoms with Crippen molar-refractivity contribution in [3.8, 4) is 0 Å². The molecule has 0 aliphatic rings. The van der Waals surface area contributed by atoms with Crippen LogP contribution in [0.3, 0.4) is 0 Å². The largest absolute Gasteiger partial charge is 0.388 e. The van der Waals surface area contributed by atoms with Crippen molar-refractivity contribution in [2.75, 3.05) is 0 Å². The zero-order valence-corrected chi connectivity index (χ0v) is 11.5. The average molecular weight is 280 g/mol. The smallest absolute Gasteiger partial charge is 0.123 e. The molecule has 0 aliphatic heterocycles. The number of thiazole rings is 1. The van der Waals surface area contributed by atoms with Crippen LogP contribution in [-0.4, -0.2) is 16.1 Å². The molecule has 19 heavy (non-hydrogen) atoms. The summed E-state index contributed by atoms with van der Waals surface area (Å²) < 4.78 is 12.8. The lowest BCUT2D eigenvalue weighted by Gasteiger charge is -2.17. The molecule has 5 heteroatoms. The maximum absolute atomic E-state index is 12.8. The van der Waals surface area contributed by atoms with Gasteiger partial charge in [-0.1, -0.05) is 12.1 Å². The monoisotopic (exact) mass is 280 g/mol. The molecule has 0 saturated carbocycles. The fraction of sp³-hybridized carbons (Fsp3) is 0.357. The van der Waals surface area contributed by atoms with Gasteiger partial charge in [-0.25, -0.2) is 9.37 Å². The summed E-state index contributed by atoms with van der Waals surface area (Å²) in [5.41, 5.74) is 3.55. The van der Waals surface area contributed by atoms with E-state index >= 15 is 0 Å². The first-order valence-corrected chi connectivity index (χ1v) is 7.13. The van der Waals surface area contributed by atoms with E-state index in [1.54, 1.807) is 29.0 Å². The minimum atomic E-state index is -0.585. The van der Waals surface area contributed by atoms with Crippen LogP contribution in [-0.2, 0) is 6.54 Å². The van der Waals surface area contributed by atoms with Gasteiger partial charge in [0.15, 0.2) is 0 Å². The standard InChI is InChI=1S/C14H17FN2OS/c1-10(16-7-13-8-19-9-17-13)6-14(18)11-2-4-12(15)5-3-11/h2-5,8-10,14,16,18H,6-7H2,1H3/t10-,14+/m1/s1. The normalized spacial score (nSPS) is 14.3. The van der Waals surface area contributed by atoms with Crippen molar-refractivity contribution in [2.45, 2.75) is 32.0 Å². The molecule has 0 unspecified atom stereocenters. The van der Waals surface area contributed by atoms with Gasteiger partial charge in [-0.2, -0.15) is 0 Å². The third-order valence-corrected chi connectivity index (χ3v) is 3.58. The van der Waals surface area contributed by atoms with E-state index in [1.807, 2.05) is 12.3 Å². The summed E-state index contributed by atoms with van der Waals surface area (Å²) in [5, 5.41) is 15.4. The molecule has 1 aromatic heterocycles. The average Bonchev–Trinajstić information content (AvgIpc) is 2.90. The van der Waals surface area contributed by atoms with Crippen LogP contribution in [0.4, 0.5) is 4.39 Å². The van der Waals surface area contributed by atoms with Crippen LogP contribution in [0.1, 0.15) is 30.7 Å². The van der Waals surface area contributed by atoms with Gasteiger partial charge < -0.3 is 10.4 Å². The second-order valence-corrected chi connectivity index (χ2v) is 5.28. The molecule has 0 radical (unpaired) electrons. The van der Waals surface area contributed by atoms with Crippen molar-refractivity contribution in [3.05, 3.63) is 52.2 Å². The number of rotatable bonds is 6. The van der Waals surface area contributed by atoms with E-state index in [-0.39, 0.29) is 11.9 Å². The molecule has 0 spiro atoms. The fourth-order valence-corrected chi connectivity index (χ4v) is 2.40. The van der Waals surface area contributed by atoms with E-state index < -0.39 is 6.10 Å². The molecule has 0 amide bonds. The molecular weight excluding hydrogens is 263 g/mol. The Balaban J connectivity index is 1.81. The predicted octanol–water partition coefficient (Wildman–Crippen LogP) is 2.88. The van der Waals surface area contributed by atoms with Crippen molar-refractivity contribution in [1.29, 1.82) is 0 Å². The van der Waals surface area contributed by atoms with Crippen LogP contribution in [0.15, 0.2) is 35.2 Å². The molecular formula is C14H17FN2OS. The number of aromatic nitrogens is 1. The highest BCUT2D eigenvalue weighted by Gasteiger charge is 2.12. The molecule has 2 atom stereocenters. The Hall–Kier alpha value is -1.30. The van der Waals surface area contributed by atoms with Gasteiger partial charge in [0, 0.05) is 18.0 Å². The number of aliphatic hydroxyl groups is 1. The summed E-state index contributed by atoms with van der Waals surface area (Å²) in [6.07, 6.45) is -0.00555. The number of nitrogens with one attached hydrogen (secondary N) is 1. The van der Waals surface area contributed by atoms with Gasteiger partial charge in [-0.05, 0) is 31.0 Å². The summed E-state index contributed by atoms with van der Waals surface area (Å²) in [6.45, 7) is 2.71. The molecule has 0 fully saturated rings. The fourth-order valence-electron chi connectivity index (χ4n) is 1.84. The molecule has 2 aromatic rings. The molecule has 0 saturated heterocycles. The molecule has 102 valence electrons. The predicted molar refractivity (Wildman–Crippen MR) is 74.4 cm³/mol. The number of hydrogen-bond acceptors (Lipinski definition) is 4. The van der Waals surface area contributed by atoms with Crippen LogP contribution >= 0.6 is 11.3 Å². The Bertz CT molecular complexity index is 487. The molecule has 1 heterocycles. The van der Waals surface area contributed by atoms with Crippen molar-refractivity contribution >= 4 is 11.3 Å². The van der Waals surface area contributed by atoms with Crippen LogP contribution in [0.5, 0.6) is 0 Å². The van der Waals surface area contributed by atoms with Crippen molar-refractivity contribution in [1.82, 2.24) is 10.3 Å². The quantitative estimate of drug-likeness (QED) is 0.855. The Morgan fingerprint density at radius 3 is 2.74 bits per heavy atom. The first kappa shape index (κ1) is 14.1. The van der Waals surface area contributed by atoms with Gasteiger partial charge in [0.05, 0.1) is 17.3 Å². The minimum Gasteiger partial charge on any atom is -0.388 e. The SMILES string of the molecule is C[C@H](C[C@H](O)c1ccc(F)cc1)NCc1cscn1. The lowest BCUT2D eigenvalue weighted by Crippen LogP contribution is -2.27. The number of aliphatic hydroxyl groups excluding tert-OH is 1. The highest BCUT2D eigenvalue weighted by molar-refractivity contribution is 7.07. The summed E-state index contributed by atoms with van der Waals surface area (Å²) in [5.74, 6) is -0.286. The van der Waals surface area contributed by atoms with Gasteiger partial charge >= 0.3 is 0 Å². The van der Waals surface area contributed by atoms with Crippen molar-refractivity contribution < 1.29 is 9.50 Å². The summed E-state index contributed by atoms with van der Waals surface area (Å²) in [4.78, 5) is 4.19. The summed E-state index contributed by atoms with van der Waals surface area (Å²) in [6, 6.07) is 6.12. The Labute approximate surface area is 116 Å².